The Morgan fingerprint density at radius 2 is 1.74 bits per heavy atom. The largest absolute Gasteiger partial charge is 0.406 e. The molecule has 5 aromatic rings. The van der Waals surface area contributed by atoms with Gasteiger partial charge in [0.2, 0.25) is 5.95 Å². The molecule has 0 aliphatic carbocycles. The highest BCUT2D eigenvalue weighted by Gasteiger charge is 2.31. The average molecular weight is 688 g/mol. The topological polar surface area (TPSA) is 102 Å². The number of halogens is 5. The molecule has 0 saturated carbocycles. The molecule has 1 aliphatic rings. The lowest BCUT2D eigenvalue weighted by Crippen LogP contribution is -2.30. The highest BCUT2D eigenvalue weighted by Crippen LogP contribution is 2.38. The summed E-state index contributed by atoms with van der Waals surface area (Å²) in [6, 6.07) is 14.8. The van der Waals surface area contributed by atoms with Gasteiger partial charge in [0.25, 0.3) is 5.56 Å². The quantitative estimate of drug-likeness (QED) is 0.177. The summed E-state index contributed by atoms with van der Waals surface area (Å²) in [7, 11) is -3.07. The van der Waals surface area contributed by atoms with E-state index < -0.39 is 27.8 Å². The molecule has 8 nitrogen and oxygen atoms in total. The molecule has 1 aliphatic heterocycles. The maximum atomic E-state index is 13.8. The number of rotatable bonds is 7. The van der Waals surface area contributed by atoms with Gasteiger partial charge in [-0.15, -0.1) is 0 Å². The zero-order valence-electron chi connectivity index (χ0n) is 24.2. The van der Waals surface area contributed by atoms with Crippen LogP contribution >= 0.6 is 23.2 Å². The van der Waals surface area contributed by atoms with Gasteiger partial charge in [-0.2, -0.15) is 18.2 Å². The normalized spacial score (nSPS) is 16.7. The van der Waals surface area contributed by atoms with Crippen LogP contribution in [-0.4, -0.2) is 48.9 Å². The zero-order valence-corrected chi connectivity index (χ0v) is 26.5. The SMILES string of the molecule is C=S(=O)(c1ccncc1)c1cc(Cl)c(-c2cc3cnc(Nc4ccc(C5CCCNC5)cc4)nc3n(CC(F)(F)F)c2=O)c(Cl)c1. The molecule has 0 amide bonds. The lowest BCUT2D eigenvalue weighted by molar-refractivity contribution is -0.140. The molecule has 3 aromatic heterocycles. The van der Waals surface area contributed by atoms with Crippen molar-refractivity contribution in [2.45, 2.75) is 41.3 Å². The Balaban J connectivity index is 1.39. The number of nitrogens with zero attached hydrogens (tertiary/aromatic N) is 4. The Labute approximate surface area is 272 Å². The predicted octanol–water partition coefficient (Wildman–Crippen LogP) is 7.07. The Kier molecular flexibility index (Phi) is 8.81. The van der Waals surface area contributed by atoms with Crippen LogP contribution in [0.15, 0.2) is 87.8 Å². The number of pyridine rings is 2. The lowest BCUT2D eigenvalue weighted by atomic mass is 9.92. The van der Waals surface area contributed by atoms with Crippen molar-refractivity contribution in [2.75, 3.05) is 18.4 Å². The molecule has 2 atom stereocenters. The van der Waals surface area contributed by atoms with Crippen LogP contribution in [0.2, 0.25) is 10.0 Å². The fraction of sp³-hybridized carbons (Fsp3) is 0.219. The highest BCUT2D eigenvalue weighted by atomic mass is 35.5. The van der Waals surface area contributed by atoms with Crippen molar-refractivity contribution < 1.29 is 17.4 Å². The Morgan fingerprint density at radius 3 is 2.37 bits per heavy atom. The Morgan fingerprint density at radius 1 is 1.04 bits per heavy atom. The minimum atomic E-state index is -4.75. The number of piperidine rings is 1. The molecule has 14 heteroatoms. The third-order valence-electron chi connectivity index (χ3n) is 7.80. The number of nitrogens with one attached hydrogen (secondary N) is 2. The molecular formula is C32H27Cl2F3N6O2S. The van der Waals surface area contributed by atoms with Crippen molar-refractivity contribution in [2.24, 2.45) is 0 Å². The van der Waals surface area contributed by atoms with Gasteiger partial charge in [-0.1, -0.05) is 35.3 Å². The second kappa shape index (κ2) is 12.7. The van der Waals surface area contributed by atoms with Gasteiger partial charge in [0.15, 0.2) is 0 Å². The van der Waals surface area contributed by atoms with E-state index in [1.54, 1.807) is 0 Å². The lowest BCUT2D eigenvalue weighted by Gasteiger charge is -2.23. The zero-order chi connectivity index (χ0) is 32.6. The molecule has 4 heterocycles. The number of fused-ring (bicyclic) bond motifs is 1. The molecule has 0 bridgehead atoms. The van der Waals surface area contributed by atoms with E-state index in [0.29, 0.717) is 21.1 Å². The second-order valence-electron chi connectivity index (χ2n) is 10.9. The summed E-state index contributed by atoms with van der Waals surface area (Å²) in [6.07, 6.45) is 1.69. The van der Waals surface area contributed by atoms with Gasteiger partial charge in [-0.25, -0.2) is 4.98 Å². The molecule has 6 rings (SSSR count). The molecule has 2 N–H and O–H groups in total. The van der Waals surface area contributed by atoms with E-state index in [0.717, 1.165) is 25.9 Å². The summed E-state index contributed by atoms with van der Waals surface area (Å²) >= 11 is 13.2. The number of benzene rings is 2. The monoisotopic (exact) mass is 686 g/mol. The summed E-state index contributed by atoms with van der Waals surface area (Å²) in [4.78, 5) is 26.8. The van der Waals surface area contributed by atoms with Crippen LogP contribution in [0.25, 0.3) is 22.2 Å². The van der Waals surface area contributed by atoms with Crippen molar-refractivity contribution in [1.82, 2.24) is 24.8 Å². The van der Waals surface area contributed by atoms with Crippen LogP contribution in [0.3, 0.4) is 0 Å². The summed E-state index contributed by atoms with van der Waals surface area (Å²) < 4.78 is 55.5. The first-order chi connectivity index (χ1) is 21.9. The fourth-order valence-corrected chi connectivity index (χ4v) is 7.79. The number of alkyl halides is 3. The third kappa shape index (κ3) is 6.61. The van der Waals surface area contributed by atoms with Gasteiger partial charge in [0.05, 0.1) is 15.6 Å². The standard InChI is InChI=1S/C32H27Cl2F3N6O2S/c1-46(45,23-8-11-38-12-9-23)24-14-26(33)28(27(34)15-24)25-13-21-17-40-31(42-29(21)43(30(25)44)18-32(35,36)37)41-22-6-4-19(5-7-22)20-3-2-10-39-16-20/h4-9,11-15,17,20,39H,1-3,10,16,18H2,(H,40,41,42). The summed E-state index contributed by atoms with van der Waals surface area (Å²) in [5.74, 6) is 4.27. The molecule has 2 aromatic carbocycles. The van der Waals surface area contributed by atoms with Crippen LogP contribution in [-0.2, 0) is 16.1 Å². The van der Waals surface area contributed by atoms with Crippen LogP contribution in [0.5, 0.6) is 0 Å². The van der Waals surface area contributed by atoms with E-state index in [2.05, 4.69) is 31.5 Å². The molecular weight excluding hydrogens is 660 g/mol. The van der Waals surface area contributed by atoms with E-state index in [-0.39, 0.29) is 43.0 Å². The molecule has 2 unspecified atom stereocenters. The maximum absolute atomic E-state index is 13.8. The molecule has 0 radical (unpaired) electrons. The summed E-state index contributed by atoms with van der Waals surface area (Å²) in [6.45, 7) is 0.301. The summed E-state index contributed by atoms with van der Waals surface area (Å²) in [5, 5.41) is 6.39. The maximum Gasteiger partial charge on any atom is 0.406 e. The predicted molar refractivity (Wildman–Crippen MR) is 176 cm³/mol. The van der Waals surface area contributed by atoms with Crippen molar-refractivity contribution >= 4 is 61.3 Å². The fourth-order valence-electron chi connectivity index (χ4n) is 5.52. The van der Waals surface area contributed by atoms with Gasteiger partial charge >= 0.3 is 6.18 Å². The van der Waals surface area contributed by atoms with Crippen LogP contribution < -0.4 is 16.2 Å². The highest BCUT2D eigenvalue weighted by molar-refractivity contribution is 8.00. The Bertz CT molecular complexity index is 2060. The molecule has 1 fully saturated rings. The van der Waals surface area contributed by atoms with E-state index in [1.165, 1.54) is 54.5 Å². The van der Waals surface area contributed by atoms with Crippen molar-refractivity contribution in [3.63, 3.8) is 0 Å². The van der Waals surface area contributed by atoms with Crippen LogP contribution in [0, 0.1) is 0 Å². The number of anilines is 2. The van der Waals surface area contributed by atoms with Gasteiger partial charge in [0.1, 0.15) is 12.2 Å². The van der Waals surface area contributed by atoms with Gasteiger partial charge in [-0.05, 0) is 79.2 Å². The smallest absolute Gasteiger partial charge is 0.324 e. The third-order valence-corrected chi connectivity index (χ3v) is 10.4. The van der Waals surface area contributed by atoms with E-state index in [9.17, 15) is 22.2 Å². The minimum Gasteiger partial charge on any atom is -0.324 e. The van der Waals surface area contributed by atoms with Gasteiger partial charge < -0.3 is 10.6 Å². The van der Waals surface area contributed by atoms with Gasteiger partial charge in [0, 0.05) is 61.1 Å². The number of hydrogen-bond acceptors (Lipinski definition) is 7. The molecule has 0 spiro atoms. The van der Waals surface area contributed by atoms with Crippen molar-refractivity contribution in [1.29, 1.82) is 0 Å². The van der Waals surface area contributed by atoms with Crippen molar-refractivity contribution in [3.05, 3.63) is 99.2 Å². The Hall–Kier alpha value is -3.97. The number of hydrogen-bond donors (Lipinski definition) is 2. The first-order valence-corrected chi connectivity index (χ1v) is 16.7. The first kappa shape index (κ1) is 32.0. The molecule has 238 valence electrons. The van der Waals surface area contributed by atoms with E-state index >= 15 is 0 Å². The van der Waals surface area contributed by atoms with E-state index in [1.807, 2.05) is 24.3 Å². The average Bonchev–Trinajstić information content (AvgIpc) is 3.03. The molecule has 1 saturated heterocycles. The molecule has 46 heavy (non-hydrogen) atoms. The van der Waals surface area contributed by atoms with Gasteiger partial charge in [-0.3, -0.25) is 18.6 Å². The minimum absolute atomic E-state index is 0.0180. The van der Waals surface area contributed by atoms with Crippen molar-refractivity contribution in [3.8, 4) is 11.1 Å². The van der Waals surface area contributed by atoms with Crippen LogP contribution in [0.1, 0.15) is 24.3 Å². The first-order valence-electron chi connectivity index (χ1n) is 14.2. The van der Waals surface area contributed by atoms with Crippen LogP contribution in [0.4, 0.5) is 24.8 Å². The second-order valence-corrected chi connectivity index (χ2v) is 14.1. The summed E-state index contributed by atoms with van der Waals surface area (Å²) in [5.41, 5.74) is 0.367. The number of aromatic nitrogens is 4. The van der Waals surface area contributed by atoms with E-state index in [4.69, 9.17) is 23.2 Å².